The Bertz CT molecular complexity index is 857. The van der Waals surface area contributed by atoms with Crippen LogP contribution >= 0.6 is 0 Å². The number of hydrogen-bond acceptors (Lipinski definition) is 5. The number of benzene rings is 2. The molecule has 0 bridgehead atoms. The summed E-state index contributed by atoms with van der Waals surface area (Å²) in [5.74, 6) is 0.282. The van der Waals surface area contributed by atoms with Gasteiger partial charge in [0.1, 0.15) is 5.69 Å². The van der Waals surface area contributed by atoms with Crippen molar-refractivity contribution >= 4 is 11.6 Å². The van der Waals surface area contributed by atoms with Crippen molar-refractivity contribution < 1.29 is 14.2 Å². The van der Waals surface area contributed by atoms with Gasteiger partial charge in [-0.3, -0.25) is 14.9 Å². The highest BCUT2D eigenvalue weighted by molar-refractivity contribution is 5.94. The summed E-state index contributed by atoms with van der Waals surface area (Å²) in [6.45, 7) is 0.201. The van der Waals surface area contributed by atoms with Crippen molar-refractivity contribution in [2.75, 3.05) is 0 Å². The lowest BCUT2D eigenvalue weighted by Gasteiger charge is -2.02. The van der Waals surface area contributed by atoms with Gasteiger partial charge in [0.15, 0.2) is 5.76 Å². The fraction of sp³-hybridized carbons (Fsp3) is 0.0588. The van der Waals surface area contributed by atoms with E-state index in [1.807, 2.05) is 30.3 Å². The summed E-state index contributed by atoms with van der Waals surface area (Å²) in [7, 11) is 0. The van der Waals surface area contributed by atoms with Crippen molar-refractivity contribution in [2.24, 2.45) is 0 Å². The van der Waals surface area contributed by atoms with Crippen LogP contribution in [0.4, 0.5) is 5.69 Å². The fourth-order valence-corrected chi connectivity index (χ4v) is 2.14. The third kappa shape index (κ3) is 3.46. The summed E-state index contributed by atoms with van der Waals surface area (Å²) in [6.07, 6.45) is 0. The Morgan fingerprint density at radius 3 is 2.50 bits per heavy atom. The molecule has 1 heterocycles. The van der Waals surface area contributed by atoms with Crippen LogP contribution in [0.2, 0.25) is 0 Å². The third-order valence-corrected chi connectivity index (χ3v) is 3.39. The number of nitrogens with one attached hydrogen (secondary N) is 1. The van der Waals surface area contributed by atoms with E-state index >= 15 is 0 Å². The van der Waals surface area contributed by atoms with Crippen molar-refractivity contribution in [3.63, 3.8) is 0 Å². The number of hydrogen-bond donors (Lipinski definition) is 1. The highest BCUT2D eigenvalue weighted by Crippen LogP contribution is 2.19. The van der Waals surface area contributed by atoms with Gasteiger partial charge in [-0.05, 0) is 12.1 Å². The van der Waals surface area contributed by atoms with Crippen LogP contribution in [0.5, 0.6) is 0 Å². The summed E-state index contributed by atoms with van der Waals surface area (Å²) in [4.78, 5) is 22.1. The monoisotopic (exact) mass is 323 g/mol. The number of nitro groups is 1. The normalized spacial score (nSPS) is 10.3. The molecule has 0 saturated carbocycles. The minimum atomic E-state index is -0.512. The smallest absolute Gasteiger partial charge is 0.269 e. The zero-order chi connectivity index (χ0) is 16.9. The number of nitrogens with zero attached hydrogens (tertiary/aromatic N) is 2. The maximum absolute atomic E-state index is 12.0. The molecule has 0 atom stereocenters. The number of carbonyl (C=O) groups is 1. The van der Waals surface area contributed by atoms with Crippen molar-refractivity contribution in [3.05, 3.63) is 82.0 Å². The van der Waals surface area contributed by atoms with E-state index in [9.17, 15) is 14.9 Å². The number of non-ortho nitro benzene ring substituents is 1. The first kappa shape index (κ1) is 15.4. The van der Waals surface area contributed by atoms with E-state index in [-0.39, 0.29) is 18.1 Å². The Kier molecular flexibility index (Phi) is 4.33. The van der Waals surface area contributed by atoms with E-state index in [0.29, 0.717) is 17.0 Å². The molecule has 7 heteroatoms. The molecule has 0 fully saturated rings. The second kappa shape index (κ2) is 6.74. The van der Waals surface area contributed by atoms with Crippen LogP contribution in [0.1, 0.15) is 16.1 Å². The van der Waals surface area contributed by atoms with Crippen LogP contribution < -0.4 is 5.32 Å². The summed E-state index contributed by atoms with van der Waals surface area (Å²) in [5, 5.41) is 17.2. The summed E-state index contributed by atoms with van der Waals surface area (Å²) >= 11 is 0. The zero-order valence-corrected chi connectivity index (χ0v) is 12.5. The first-order chi connectivity index (χ1) is 11.6. The van der Waals surface area contributed by atoms with Gasteiger partial charge in [0.05, 0.1) is 11.5 Å². The predicted octanol–water partition coefficient (Wildman–Crippen LogP) is 3.18. The van der Waals surface area contributed by atoms with Gasteiger partial charge in [-0.15, -0.1) is 0 Å². The maximum atomic E-state index is 12.0. The van der Waals surface area contributed by atoms with Crippen LogP contribution in [0, 0.1) is 10.1 Å². The van der Waals surface area contributed by atoms with E-state index in [1.165, 1.54) is 24.3 Å². The number of rotatable bonds is 5. The summed E-state index contributed by atoms with van der Waals surface area (Å²) < 4.78 is 5.25. The van der Waals surface area contributed by atoms with E-state index in [0.717, 1.165) is 5.56 Å². The largest absolute Gasteiger partial charge is 0.356 e. The highest BCUT2D eigenvalue weighted by Gasteiger charge is 2.11. The van der Waals surface area contributed by atoms with E-state index in [2.05, 4.69) is 10.5 Å². The highest BCUT2D eigenvalue weighted by atomic mass is 16.6. The van der Waals surface area contributed by atoms with Gasteiger partial charge in [-0.1, -0.05) is 35.5 Å². The van der Waals surface area contributed by atoms with E-state index in [4.69, 9.17) is 4.52 Å². The fourth-order valence-electron chi connectivity index (χ4n) is 2.14. The standard InChI is InChI=1S/C17H13N3O4/c21-17(13-6-8-15(9-7-13)20(22)23)18-11-14-10-16(24-19-14)12-4-2-1-3-5-12/h1-10H,11H2,(H,18,21). The Morgan fingerprint density at radius 2 is 1.83 bits per heavy atom. The quantitative estimate of drug-likeness (QED) is 0.574. The van der Waals surface area contributed by atoms with Crippen LogP contribution in [-0.4, -0.2) is 16.0 Å². The van der Waals surface area contributed by atoms with Crippen LogP contribution in [0.3, 0.4) is 0 Å². The minimum Gasteiger partial charge on any atom is -0.356 e. The van der Waals surface area contributed by atoms with Crippen LogP contribution in [0.15, 0.2) is 65.2 Å². The molecular weight excluding hydrogens is 310 g/mol. The Balaban J connectivity index is 1.62. The Labute approximate surface area is 137 Å². The van der Waals surface area contributed by atoms with Gasteiger partial charge in [-0.25, -0.2) is 0 Å². The van der Waals surface area contributed by atoms with Gasteiger partial charge in [-0.2, -0.15) is 0 Å². The Hall–Kier alpha value is -3.48. The molecule has 0 aliphatic heterocycles. The van der Waals surface area contributed by atoms with Crippen LogP contribution in [0.25, 0.3) is 11.3 Å². The van der Waals surface area contributed by atoms with Gasteiger partial charge in [0.2, 0.25) is 0 Å². The molecular formula is C17H13N3O4. The molecule has 7 nitrogen and oxygen atoms in total. The van der Waals surface area contributed by atoms with E-state index < -0.39 is 4.92 Å². The number of amides is 1. The van der Waals surface area contributed by atoms with Gasteiger partial charge in [0, 0.05) is 29.3 Å². The van der Waals surface area contributed by atoms with Crippen LogP contribution in [-0.2, 0) is 6.54 Å². The lowest BCUT2D eigenvalue weighted by molar-refractivity contribution is -0.384. The number of carbonyl (C=O) groups excluding carboxylic acids is 1. The molecule has 24 heavy (non-hydrogen) atoms. The molecule has 0 spiro atoms. The molecule has 1 N–H and O–H groups in total. The topological polar surface area (TPSA) is 98.3 Å². The van der Waals surface area contributed by atoms with Gasteiger partial charge in [0.25, 0.3) is 11.6 Å². The SMILES string of the molecule is O=C(NCc1cc(-c2ccccc2)on1)c1ccc([N+](=O)[O-])cc1. The lowest BCUT2D eigenvalue weighted by Crippen LogP contribution is -2.22. The molecule has 0 radical (unpaired) electrons. The summed E-state index contributed by atoms with van der Waals surface area (Å²) in [5.41, 5.74) is 1.77. The Morgan fingerprint density at radius 1 is 1.12 bits per heavy atom. The second-order valence-electron chi connectivity index (χ2n) is 5.04. The molecule has 0 unspecified atom stereocenters. The van der Waals surface area contributed by atoms with Gasteiger partial charge < -0.3 is 9.84 Å². The molecule has 3 aromatic rings. The number of aromatic nitrogens is 1. The average Bonchev–Trinajstić information content (AvgIpc) is 3.09. The third-order valence-electron chi connectivity index (χ3n) is 3.39. The maximum Gasteiger partial charge on any atom is 0.269 e. The molecule has 1 aromatic heterocycles. The van der Waals surface area contributed by atoms with E-state index in [1.54, 1.807) is 6.07 Å². The molecule has 1 amide bonds. The molecule has 0 saturated heterocycles. The molecule has 3 rings (SSSR count). The van der Waals surface area contributed by atoms with Crippen molar-refractivity contribution in [3.8, 4) is 11.3 Å². The second-order valence-corrected chi connectivity index (χ2v) is 5.04. The predicted molar refractivity (Wildman–Crippen MR) is 86.2 cm³/mol. The average molecular weight is 323 g/mol. The summed E-state index contributed by atoms with van der Waals surface area (Å²) in [6, 6.07) is 16.7. The van der Waals surface area contributed by atoms with Gasteiger partial charge >= 0.3 is 0 Å². The minimum absolute atomic E-state index is 0.0597. The molecule has 0 aliphatic rings. The first-order valence-corrected chi connectivity index (χ1v) is 7.17. The lowest BCUT2D eigenvalue weighted by atomic mass is 10.1. The molecule has 120 valence electrons. The van der Waals surface area contributed by atoms with Crippen molar-refractivity contribution in [2.45, 2.75) is 6.54 Å². The first-order valence-electron chi connectivity index (χ1n) is 7.17. The zero-order valence-electron chi connectivity index (χ0n) is 12.5. The molecule has 2 aromatic carbocycles. The number of nitro benzene ring substituents is 1. The van der Waals surface area contributed by atoms with Crippen molar-refractivity contribution in [1.29, 1.82) is 0 Å². The van der Waals surface area contributed by atoms with Crippen molar-refractivity contribution in [1.82, 2.24) is 10.5 Å². The molecule has 0 aliphatic carbocycles.